The molecule has 0 aliphatic heterocycles. The van der Waals surface area contributed by atoms with Gasteiger partial charge in [0.1, 0.15) is 5.82 Å². The topological polar surface area (TPSA) is 88.2 Å². The zero-order valence-electron chi connectivity index (χ0n) is 15.7. The molecule has 1 amide bonds. The molecule has 0 spiro atoms. The number of nitrogens with zero attached hydrogens (tertiary/aromatic N) is 1. The Morgan fingerprint density at radius 1 is 1.30 bits per heavy atom. The standard InChI is InChI=1S/C20H25ClFN3O2/c1-20(2,3)25-19(27)13-7-5-9-24-16(13)11-17(26)15(23)10-12-6-4-8-14(21)18(12)22/h4-9,15,17,26H,10-11,23H2,1-3H3,(H,25,27)/t15-,17+/m1/s1. The van der Waals surface area contributed by atoms with Crippen LogP contribution >= 0.6 is 11.6 Å². The number of aliphatic hydroxyl groups is 1. The van der Waals surface area contributed by atoms with Crippen LogP contribution in [0.15, 0.2) is 36.5 Å². The lowest BCUT2D eigenvalue weighted by Crippen LogP contribution is -2.42. The van der Waals surface area contributed by atoms with Crippen LogP contribution in [0.1, 0.15) is 42.4 Å². The van der Waals surface area contributed by atoms with E-state index in [2.05, 4.69) is 10.3 Å². The van der Waals surface area contributed by atoms with Crippen molar-refractivity contribution in [1.29, 1.82) is 0 Å². The highest BCUT2D eigenvalue weighted by atomic mass is 35.5. The van der Waals surface area contributed by atoms with Gasteiger partial charge in [0, 0.05) is 24.2 Å². The zero-order valence-corrected chi connectivity index (χ0v) is 16.4. The van der Waals surface area contributed by atoms with E-state index in [9.17, 15) is 14.3 Å². The summed E-state index contributed by atoms with van der Waals surface area (Å²) >= 11 is 5.78. The first-order valence-electron chi connectivity index (χ1n) is 8.71. The fourth-order valence-electron chi connectivity index (χ4n) is 2.66. The maximum absolute atomic E-state index is 14.0. The summed E-state index contributed by atoms with van der Waals surface area (Å²) in [6.07, 6.45) is 0.749. The Hall–Kier alpha value is -2.02. The maximum Gasteiger partial charge on any atom is 0.253 e. The van der Waals surface area contributed by atoms with Crippen molar-refractivity contribution in [3.05, 3.63) is 64.2 Å². The van der Waals surface area contributed by atoms with Crippen LogP contribution in [0.3, 0.4) is 0 Å². The zero-order chi connectivity index (χ0) is 20.2. The lowest BCUT2D eigenvalue weighted by molar-refractivity contribution is 0.0916. The van der Waals surface area contributed by atoms with E-state index in [0.717, 1.165) is 0 Å². The van der Waals surface area contributed by atoms with Crippen molar-refractivity contribution in [3.63, 3.8) is 0 Å². The molecule has 7 heteroatoms. The number of aromatic nitrogens is 1. The third-order valence-corrected chi connectivity index (χ3v) is 4.30. The molecule has 0 radical (unpaired) electrons. The molecule has 1 aromatic carbocycles. The molecule has 27 heavy (non-hydrogen) atoms. The normalized spacial score (nSPS) is 13.9. The van der Waals surface area contributed by atoms with Crippen molar-refractivity contribution >= 4 is 17.5 Å². The minimum Gasteiger partial charge on any atom is -0.391 e. The first-order valence-corrected chi connectivity index (χ1v) is 9.09. The molecular weight excluding hydrogens is 369 g/mol. The number of nitrogens with two attached hydrogens (primary N) is 1. The van der Waals surface area contributed by atoms with E-state index in [1.54, 1.807) is 30.5 Å². The van der Waals surface area contributed by atoms with Crippen LogP contribution < -0.4 is 11.1 Å². The number of pyridine rings is 1. The van der Waals surface area contributed by atoms with Crippen LogP contribution in [0.4, 0.5) is 4.39 Å². The SMILES string of the molecule is CC(C)(C)NC(=O)c1cccnc1C[C@H](O)[C@H](N)Cc1cccc(Cl)c1F. The van der Waals surface area contributed by atoms with E-state index in [0.29, 0.717) is 16.8 Å². The highest BCUT2D eigenvalue weighted by Crippen LogP contribution is 2.20. The number of carbonyl (C=O) groups is 1. The Bertz CT molecular complexity index is 808. The van der Waals surface area contributed by atoms with Gasteiger partial charge >= 0.3 is 0 Å². The predicted molar refractivity (Wildman–Crippen MR) is 104 cm³/mol. The molecule has 0 fully saturated rings. The lowest BCUT2D eigenvalue weighted by Gasteiger charge is -2.23. The second kappa shape index (κ2) is 8.78. The van der Waals surface area contributed by atoms with Crippen LogP contribution in [-0.2, 0) is 12.8 Å². The van der Waals surface area contributed by atoms with E-state index >= 15 is 0 Å². The number of nitrogens with one attached hydrogen (secondary N) is 1. The molecule has 5 nitrogen and oxygen atoms in total. The van der Waals surface area contributed by atoms with Crippen LogP contribution in [0.25, 0.3) is 0 Å². The summed E-state index contributed by atoms with van der Waals surface area (Å²) in [7, 11) is 0. The molecule has 4 N–H and O–H groups in total. The Kier molecular flexibility index (Phi) is 6.92. The fraction of sp³-hybridized carbons (Fsp3) is 0.400. The second-order valence-corrected chi connectivity index (χ2v) is 7.96. The number of aliphatic hydroxyl groups excluding tert-OH is 1. The quantitative estimate of drug-likeness (QED) is 0.704. The highest BCUT2D eigenvalue weighted by molar-refractivity contribution is 6.30. The Labute approximate surface area is 163 Å². The summed E-state index contributed by atoms with van der Waals surface area (Å²) in [5, 5.41) is 13.4. The molecule has 2 rings (SSSR count). The van der Waals surface area contributed by atoms with Gasteiger partial charge in [0.2, 0.25) is 0 Å². The minimum absolute atomic E-state index is 0.0139. The van der Waals surface area contributed by atoms with Gasteiger partial charge < -0.3 is 16.2 Å². The number of hydrogen-bond donors (Lipinski definition) is 3. The van der Waals surface area contributed by atoms with Gasteiger partial charge in [-0.05, 0) is 51.0 Å². The second-order valence-electron chi connectivity index (χ2n) is 7.55. The lowest BCUT2D eigenvalue weighted by atomic mass is 9.96. The Balaban J connectivity index is 2.12. The monoisotopic (exact) mass is 393 g/mol. The van der Waals surface area contributed by atoms with Crippen molar-refractivity contribution in [2.24, 2.45) is 5.73 Å². The molecule has 0 aliphatic carbocycles. The molecule has 0 unspecified atom stereocenters. The van der Waals surface area contributed by atoms with Gasteiger partial charge in [0.05, 0.1) is 22.4 Å². The first kappa shape index (κ1) is 21.3. The van der Waals surface area contributed by atoms with Crippen LogP contribution in [-0.4, -0.2) is 33.7 Å². The smallest absolute Gasteiger partial charge is 0.253 e. The Morgan fingerprint density at radius 2 is 2.00 bits per heavy atom. The van der Waals surface area contributed by atoms with E-state index < -0.39 is 23.5 Å². The molecule has 0 aliphatic rings. The van der Waals surface area contributed by atoms with Crippen LogP contribution in [0.2, 0.25) is 5.02 Å². The maximum atomic E-state index is 14.0. The van der Waals surface area contributed by atoms with Gasteiger partial charge in [-0.3, -0.25) is 9.78 Å². The van der Waals surface area contributed by atoms with Crippen molar-refractivity contribution in [1.82, 2.24) is 10.3 Å². The van der Waals surface area contributed by atoms with Gasteiger partial charge in [-0.1, -0.05) is 23.7 Å². The molecule has 2 atom stereocenters. The van der Waals surface area contributed by atoms with Gasteiger partial charge in [0.15, 0.2) is 0 Å². The molecule has 0 saturated heterocycles. The number of halogens is 2. The number of amides is 1. The van der Waals surface area contributed by atoms with E-state index in [1.165, 1.54) is 6.07 Å². The number of rotatable bonds is 6. The summed E-state index contributed by atoms with van der Waals surface area (Å²) in [5.41, 5.74) is 6.81. The molecule has 1 heterocycles. The van der Waals surface area contributed by atoms with Gasteiger partial charge in [-0.2, -0.15) is 0 Å². The molecule has 0 bridgehead atoms. The minimum atomic E-state index is -1.00. The summed E-state index contributed by atoms with van der Waals surface area (Å²) in [6.45, 7) is 5.64. The fourth-order valence-corrected chi connectivity index (χ4v) is 2.85. The van der Waals surface area contributed by atoms with E-state index in [1.807, 2.05) is 20.8 Å². The van der Waals surface area contributed by atoms with Crippen molar-refractivity contribution in [3.8, 4) is 0 Å². The van der Waals surface area contributed by atoms with Gasteiger partial charge in [-0.15, -0.1) is 0 Å². The predicted octanol–water partition coefficient (Wildman–Crippen LogP) is 2.88. The third kappa shape index (κ3) is 5.99. The Morgan fingerprint density at radius 3 is 2.67 bits per heavy atom. The third-order valence-electron chi connectivity index (χ3n) is 4.01. The number of carbonyl (C=O) groups excluding carboxylic acids is 1. The molecular formula is C20H25ClFN3O2. The molecule has 1 aromatic heterocycles. The summed E-state index contributed by atoms with van der Waals surface area (Å²) in [5.74, 6) is -0.808. The van der Waals surface area contributed by atoms with E-state index in [4.69, 9.17) is 17.3 Å². The van der Waals surface area contributed by atoms with Crippen molar-refractivity contribution in [2.45, 2.75) is 51.3 Å². The highest BCUT2D eigenvalue weighted by Gasteiger charge is 2.23. The molecule has 146 valence electrons. The molecule has 0 saturated carbocycles. The number of hydrogen-bond acceptors (Lipinski definition) is 4. The van der Waals surface area contributed by atoms with Gasteiger partial charge in [-0.25, -0.2) is 4.39 Å². The summed E-state index contributed by atoms with van der Waals surface area (Å²) in [4.78, 5) is 16.7. The first-order chi connectivity index (χ1) is 12.6. The van der Waals surface area contributed by atoms with Crippen molar-refractivity contribution < 1.29 is 14.3 Å². The van der Waals surface area contributed by atoms with Gasteiger partial charge in [0.25, 0.3) is 5.91 Å². The van der Waals surface area contributed by atoms with E-state index in [-0.39, 0.29) is 23.8 Å². The molecule has 2 aromatic rings. The largest absolute Gasteiger partial charge is 0.391 e. The summed E-state index contributed by atoms with van der Waals surface area (Å²) in [6, 6.07) is 7.24. The van der Waals surface area contributed by atoms with Crippen LogP contribution in [0.5, 0.6) is 0 Å². The van der Waals surface area contributed by atoms with Crippen molar-refractivity contribution in [2.75, 3.05) is 0 Å². The average molecular weight is 394 g/mol. The average Bonchev–Trinajstić information content (AvgIpc) is 2.57. The summed E-state index contributed by atoms with van der Waals surface area (Å²) < 4.78 is 14.0. The van der Waals surface area contributed by atoms with Crippen LogP contribution in [0, 0.1) is 5.82 Å². The number of benzene rings is 1.